The van der Waals surface area contributed by atoms with Crippen LogP contribution >= 0.6 is 11.8 Å². The lowest BCUT2D eigenvalue weighted by Crippen LogP contribution is -2.63. The SMILES string of the molecule is CCN(C[C@@H](NC(=O)N[C@H](C(=O)N1C[C@H]2[C@@H]([C@H]1C(=O)NC(CC1CCC1)C(=O)C(N)=O)C2(C)C)C(C)(C)C)C(C)(C)C)S(=O)(=O)C1=CCCS1. The van der Waals surface area contributed by atoms with Crippen molar-refractivity contribution in [2.75, 3.05) is 25.4 Å². The van der Waals surface area contributed by atoms with E-state index < -0.39 is 74.6 Å². The Hall–Kier alpha value is -2.65. The highest BCUT2D eigenvalue weighted by molar-refractivity contribution is 8.18. The summed E-state index contributed by atoms with van der Waals surface area (Å²) in [4.78, 5) is 68.3. The van der Waals surface area contributed by atoms with Gasteiger partial charge in [-0.15, -0.1) is 11.8 Å². The number of nitrogens with one attached hydrogen (secondary N) is 3. The molecule has 2 saturated carbocycles. The number of allylic oxidation sites excluding steroid dienone is 1. The van der Waals surface area contributed by atoms with Crippen LogP contribution in [0.3, 0.4) is 0 Å². The van der Waals surface area contributed by atoms with Crippen molar-refractivity contribution in [1.29, 1.82) is 0 Å². The number of urea groups is 1. The van der Waals surface area contributed by atoms with Crippen LogP contribution in [0.4, 0.5) is 4.79 Å². The standard InChI is InChI=1S/C35H58N6O7S2/c1-10-40(50(47,48)24-15-12-16-49-24)19-23(33(2,3)4)38-32(46)39-28(34(5,6)7)31(45)41-18-21-25(35(21,8)9)26(41)30(44)37-22(27(42)29(36)43)17-20-13-11-14-20/h15,20-23,25-26,28H,10-14,16-19H2,1-9H3,(H2,36,43)(H,37,44)(H2,38,39,46)/t21-,22?,23+,25-,26-,28+/m0/s1. The van der Waals surface area contributed by atoms with Gasteiger partial charge in [-0.05, 0) is 46.8 Å². The summed E-state index contributed by atoms with van der Waals surface area (Å²) in [5.41, 5.74) is 3.83. The Morgan fingerprint density at radius 2 is 1.68 bits per heavy atom. The van der Waals surface area contributed by atoms with Gasteiger partial charge in [-0.25, -0.2) is 13.2 Å². The number of rotatable bonds is 14. The quantitative estimate of drug-likeness (QED) is 0.196. The van der Waals surface area contributed by atoms with Gasteiger partial charge >= 0.3 is 6.03 Å². The maximum Gasteiger partial charge on any atom is 0.315 e. The van der Waals surface area contributed by atoms with Crippen molar-refractivity contribution in [2.24, 2.45) is 39.7 Å². The van der Waals surface area contributed by atoms with E-state index in [4.69, 9.17) is 5.73 Å². The van der Waals surface area contributed by atoms with Gasteiger partial charge in [-0.3, -0.25) is 19.2 Å². The number of nitrogens with zero attached hydrogens (tertiary/aromatic N) is 2. The van der Waals surface area contributed by atoms with Gasteiger partial charge in [0.15, 0.2) is 0 Å². The van der Waals surface area contributed by atoms with Crippen LogP contribution in [-0.4, -0.2) is 96.7 Å². The maximum absolute atomic E-state index is 14.4. The molecule has 4 rings (SSSR count). The number of nitrogens with two attached hydrogens (primary N) is 1. The molecule has 5 amide bonds. The highest BCUT2D eigenvalue weighted by Crippen LogP contribution is 2.65. The first-order valence-electron chi connectivity index (χ1n) is 17.9. The third kappa shape index (κ3) is 8.52. The van der Waals surface area contributed by atoms with Gasteiger partial charge in [0, 0.05) is 31.4 Å². The summed E-state index contributed by atoms with van der Waals surface area (Å²) in [6.07, 6.45) is 5.58. The number of carbonyl (C=O) groups is 5. The number of piperidine rings is 1. The van der Waals surface area contributed by atoms with Gasteiger partial charge in [0.1, 0.15) is 16.3 Å². The first-order chi connectivity index (χ1) is 23.0. The average Bonchev–Trinajstić information content (AvgIpc) is 3.44. The highest BCUT2D eigenvalue weighted by Gasteiger charge is 2.70. The Kier molecular flexibility index (Phi) is 11.8. The van der Waals surface area contributed by atoms with Crippen LogP contribution in [0.25, 0.3) is 0 Å². The third-order valence-electron chi connectivity index (χ3n) is 11.2. The van der Waals surface area contributed by atoms with Crippen LogP contribution in [0.15, 0.2) is 10.3 Å². The second-order valence-corrected chi connectivity index (χ2v) is 20.5. The second-order valence-electron chi connectivity index (χ2n) is 17.2. The third-order valence-corrected chi connectivity index (χ3v) is 14.8. The molecule has 2 aliphatic heterocycles. The zero-order valence-electron chi connectivity index (χ0n) is 31.1. The number of Topliss-reactive ketones (excluding diaryl/α,β-unsaturated/α-hetero) is 1. The molecule has 1 unspecified atom stereocenters. The predicted octanol–water partition coefficient (Wildman–Crippen LogP) is 2.96. The van der Waals surface area contributed by atoms with Gasteiger partial charge in [0.25, 0.3) is 5.91 Å². The molecule has 0 spiro atoms. The van der Waals surface area contributed by atoms with Crippen LogP contribution in [-0.2, 0) is 29.2 Å². The summed E-state index contributed by atoms with van der Waals surface area (Å²) in [6, 6.07) is -4.22. The van der Waals surface area contributed by atoms with Crippen molar-refractivity contribution in [3.05, 3.63) is 10.3 Å². The molecule has 4 aliphatic rings. The molecule has 2 heterocycles. The number of hydrogen-bond acceptors (Lipinski definition) is 8. The normalized spacial score (nSPS) is 25.1. The lowest BCUT2D eigenvalue weighted by molar-refractivity contribution is -0.145. The zero-order valence-corrected chi connectivity index (χ0v) is 32.8. The fourth-order valence-electron chi connectivity index (χ4n) is 7.52. The molecule has 50 heavy (non-hydrogen) atoms. The Morgan fingerprint density at radius 3 is 2.16 bits per heavy atom. The van der Waals surface area contributed by atoms with E-state index in [9.17, 15) is 32.4 Å². The number of fused-ring (bicyclic) bond motifs is 1. The molecular weight excluding hydrogens is 681 g/mol. The Labute approximate surface area is 302 Å². The highest BCUT2D eigenvalue weighted by atomic mass is 32.3. The second kappa shape index (κ2) is 14.8. The summed E-state index contributed by atoms with van der Waals surface area (Å²) < 4.78 is 28.5. The Bertz CT molecular complexity index is 1490. The van der Waals surface area contributed by atoms with E-state index >= 15 is 0 Å². The molecule has 282 valence electrons. The predicted molar refractivity (Wildman–Crippen MR) is 194 cm³/mol. The Morgan fingerprint density at radius 1 is 1.04 bits per heavy atom. The van der Waals surface area contributed by atoms with Gasteiger partial charge in [0.05, 0.1) is 6.04 Å². The molecule has 0 aromatic carbocycles. The fourth-order valence-corrected chi connectivity index (χ4v) is 10.6. The number of hydrogen-bond donors (Lipinski definition) is 4. The van der Waals surface area contributed by atoms with Gasteiger partial charge in [-0.1, -0.05) is 87.7 Å². The van der Waals surface area contributed by atoms with E-state index in [2.05, 4.69) is 16.0 Å². The zero-order chi connectivity index (χ0) is 37.6. The van der Waals surface area contributed by atoms with Crippen molar-refractivity contribution >= 4 is 51.3 Å². The summed E-state index contributed by atoms with van der Waals surface area (Å²) in [5.74, 6) is -2.07. The number of carbonyl (C=O) groups excluding carboxylic acids is 5. The number of primary amides is 1. The van der Waals surface area contributed by atoms with Gasteiger partial charge < -0.3 is 26.6 Å². The van der Waals surface area contributed by atoms with Crippen molar-refractivity contribution in [2.45, 2.75) is 119 Å². The maximum atomic E-state index is 14.4. The number of amides is 5. The van der Waals surface area contributed by atoms with Crippen molar-refractivity contribution < 1.29 is 32.4 Å². The number of ketones is 1. The average molecular weight is 739 g/mol. The molecule has 3 fully saturated rings. The molecule has 0 aromatic rings. The topological polar surface area (TPSA) is 188 Å². The summed E-state index contributed by atoms with van der Waals surface area (Å²) >= 11 is 1.31. The van der Waals surface area contributed by atoms with E-state index in [0.29, 0.717) is 29.4 Å². The smallest absolute Gasteiger partial charge is 0.315 e. The molecule has 13 nitrogen and oxygen atoms in total. The van der Waals surface area contributed by atoms with Gasteiger partial charge in [-0.2, -0.15) is 4.31 Å². The molecule has 0 bridgehead atoms. The largest absolute Gasteiger partial charge is 0.363 e. The first kappa shape index (κ1) is 40.1. The molecular formula is C35H58N6O7S2. The van der Waals surface area contributed by atoms with E-state index in [-0.39, 0.29) is 36.3 Å². The van der Waals surface area contributed by atoms with Crippen molar-refractivity contribution in [1.82, 2.24) is 25.2 Å². The van der Waals surface area contributed by atoms with Crippen LogP contribution in [0.2, 0.25) is 0 Å². The summed E-state index contributed by atoms with van der Waals surface area (Å²) in [7, 11) is -3.72. The number of sulfonamides is 1. The summed E-state index contributed by atoms with van der Waals surface area (Å²) in [6.45, 7) is 17.7. The van der Waals surface area contributed by atoms with E-state index in [1.807, 2.05) is 55.4 Å². The van der Waals surface area contributed by atoms with Crippen molar-refractivity contribution in [3.63, 3.8) is 0 Å². The van der Waals surface area contributed by atoms with Gasteiger partial charge in [0.2, 0.25) is 27.6 Å². The molecule has 0 aromatic heterocycles. The minimum absolute atomic E-state index is 0.0423. The number of thioether (sulfide) groups is 1. The first-order valence-corrected chi connectivity index (χ1v) is 20.3. The minimum atomic E-state index is -3.72. The number of likely N-dealkylation sites (N-methyl/N-ethyl adjacent to an activating group) is 1. The molecule has 5 N–H and O–H groups in total. The Balaban J connectivity index is 1.53. The van der Waals surface area contributed by atoms with Crippen molar-refractivity contribution in [3.8, 4) is 0 Å². The van der Waals surface area contributed by atoms with Crippen LogP contribution < -0.4 is 21.7 Å². The minimum Gasteiger partial charge on any atom is -0.363 e. The number of likely N-dealkylation sites (tertiary alicyclic amines) is 1. The molecule has 0 radical (unpaired) electrons. The summed E-state index contributed by atoms with van der Waals surface area (Å²) in [5, 5.41) is 8.63. The van der Waals surface area contributed by atoms with E-state index in [1.54, 1.807) is 13.0 Å². The lowest BCUT2D eigenvalue weighted by atomic mass is 9.80. The van der Waals surface area contributed by atoms with E-state index in [1.165, 1.54) is 21.0 Å². The van der Waals surface area contributed by atoms with Crippen LogP contribution in [0.5, 0.6) is 0 Å². The fraction of sp³-hybridized carbons (Fsp3) is 0.800. The van der Waals surface area contributed by atoms with Crippen LogP contribution in [0, 0.1) is 34.0 Å². The lowest BCUT2D eigenvalue weighted by Gasteiger charge is -2.39. The van der Waals surface area contributed by atoms with E-state index in [0.717, 1.165) is 19.3 Å². The monoisotopic (exact) mass is 738 g/mol. The van der Waals surface area contributed by atoms with Crippen LogP contribution in [0.1, 0.15) is 94.4 Å². The molecule has 1 saturated heterocycles. The molecule has 6 atom stereocenters. The molecule has 15 heteroatoms. The molecule has 2 aliphatic carbocycles.